The minimum atomic E-state index is 0.0963. The predicted octanol–water partition coefficient (Wildman–Crippen LogP) is 0.301. The van der Waals surface area contributed by atoms with Crippen LogP contribution in [0.3, 0.4) is 0 Å². The first kappa shape index (κ1) is 13.5. The number of aromatic amines is 1. The minimum Gasteiger partial charge on any atom is -0.394 e. The molecular weight excluding hydrogens is 232 g/mol. The predicted molar refractivity (Wildman–Crippen MR) is 67.4 cm³/mol. The number of piperidine rings is 1. The number of nitrogens with zero attached hydrogens (tertiary/aromatic N) is 3. The number of likely N-dealkylation sites (tertiary alicyclic amines) is 1. The molecule has 1 fully saturated rings. The van der Waals surface area contributed by atoms with Crippen molar-refractivity contribution in [3.05, 3.63) is 11.6 Å². The first-order valence-corrected chi connectivity index (χ1v) is 6.59. The largest absolute Gasteiger partial charge is 0.394 e. The number of aliphatic hydroxyl groups is 1. The van der Waals surface area contributed by atoms with Crippen LogP contribution in [-0.2, 0) is 4.74 Å². The van der Waals surface area contributed by atoms with Crippen LogP contribution in [0.5, 0.6) is 0 Å². The van der Waals surface area contributed by atoms with E-state index in [1.165, 1.54) is 6.42 Å². The highest BCUT2D eigenvalue weighted by Crippen LogP contribution is 2.23. The third-order valence-corrected chi connectivity index (χ3v) is 3.27. The zero-order chi connectivity index (χ0) is 12.8. The Balaban J connectivity index is 1.77. The van der Waals surface area contributed by atoms with Crippen LogP contribution in [0, 0.1) is 6.92 Å². The van der Waals surface area contributed by atoms with E-state index < -0.39 is 0 Å². The second kappa shape index (κ2) is 6.82. The number of nitrogens with one attached hydrogen (secondary N) is 1. The van der Waals surface area contributed by atoms with Gasteiger partial charge in [-0.25, -0.2) is 4.98 Å². The van der Waals surface area contributed by atoms with Crippen molar-refractivity contribution in [3.8, 4) is 0 Å². The fraction of sp³-hybridized carbons (Fsp3) is 0.833. The van der Waals surface area contributed by atoms with Gasteiger partial charge in [0.15, 0.2) is 5.82 Å². The second-order valence-corrected chi connectivity index (χ2v) is 4.75. The maximum Gasteiger partial charge on any atom is 0.155 e. The molecule has 18 heavy (non-hydrogen) atoms. The molecule has 0 bridgehead atoms. The molecule has 1 aliphatic heterocycles. The van der Waals surface area contributed by atoms with Gasteiger partial charge in [-0.05, 0) is 26.3 Å². The number of aliphatic hydroxyl groups excluding tert-OH is 1. The van der Waals surface area contributed by atoms with E-state index in [1.54, 1.807) is 0 Å². The molecule has 1 aromatic heterocycles. The summed E-state index contributed by atoms with van der Waals surface area (Å²) in [4.78, 5) is 6.81. The molecule has 1 aliphatic rings. The van der Waals surface area contributed by atoms with Gasteiger partial charge in [0.25, 0.3) is 0 Å². The molecule has 0 spiro atoms. The van der Waals surface area contributed by atoms with Gasteiger partial charge in [-0.1, -0.05) is 0 Å². The Kier molecular flexibility index (Phi) is 5.10. The molecular formula is C12H22N4O2. The Labute approximate surface area is 107 Å². The first-order valence-electron chi connectivity index (χ1n) is 6.59. The van der Waals surface area contributed by atoms with Crippen LogP contribution in [0.1, 0.15) is 30.4 Å². The van der Waals surface area contributed by atoms with Crippen molar-refractivity contribution in [2.45, 2.75) is 25.7 Å². The number of ether oxygens (including phenoxy) is 1. The van der Waals surface area contributed by atoms with Gasteiger partial charge in [-0.3, -0.25) is 5.10 Å². The molecule has 1 aromatic rings. The minimum absolute atomic E-state index is 0.0963. The summed E-state index contributed by atoms with van der Waals surface area (Å²) in [6.45, 7) is 6.17. The SMILES string of the molecule is Cc1nc(C2CCCN(CCOCCO)C2)n[nH]1. The first-order chi connectivity index (χ1) is 8.79. The van der Waals surface area contributed by atoms with Crippen LogP contribution >= 0.6 is 0 Å². The highest BCUT2D eigenvalue weighted by atomic mass is 16.5. The molecule has 1 unspecified atom stereocenters. The Morgan fingerprint density at radius 3 is 3.11 bits per heavy atom. The van der Waals surface area contributed by atoms with E-state index >= 15 is 0 Å². The summed E-state index contributed by atoms with van der Waals surface area (Å²) >= 11 is 0. The Morgan fingerprint density at radius 2 is 2.39 bits per heavy atom. The number of aromatic nitrogens is 3. The van der Waals surface area contributed by atoms with Crippen LogP contribution in [0.4, 0.5) is 0 Å². The maximum atomic E-state index is 8.64. The molecule has 0 saturated carbocycles. The zero-order valence-electron chi connectivity index (χ0n) is 10.9. The van der Waals surface area contributed by atoms with Crippen LogP contribution < -0.4 is 0 Å². The fourth-order valence-corrected chi connectivity index (χ4v) is 2.37. The van der Waals surface area contributed by atoms with Crippen molar-refractivity contribution < 1.29 is 9.84 Å². The normalized spacial score (nSPS) is 21.3. The highest BCUT2D eigenvalue weighted by Gasteiger charge is 2.23. The summed E-state index contributed by atoms with van der Waals surface area (Å²) < 4.78 is 5.30. The van der Waals surface area contributed by atoms with E-state index in [2.05, 4.69) is 20.1 Å². The zero-order valence-corrected chi connectivity index (χ0v) is 10.9. The molecule has 2 heterocycles. The molecule has 2 rings (SSSR count). The average Bonchev–Trinajstić information content (AvgIpc) is 2.82. The van der Waals surface area contributed by atoms with Crippen molar-refractivity contribution in [1.29, 1.82) is 0 Å². The lowest BCUT2D eigenvalue weighted by molar-refractivity contribution is 0.0668. The summed E-state index contributed by atoms with van der Waals surface area (Å²) in [6.07, 6.45) is 2.34. The lowest BCUT2D eigenvalue weighted by atomic mass is 9.97. The van der Waals surface area contributed by atoms with E-state index in [0.717, 1.165) is 37.7 Å². The van der Waals surface area contributed by atoms with E-state index in [1.807, 2.05) is 6.92 Å². The van der Waals surface area contributed by atoms with Gasteiger partial charge in [-0.15, -0.1) is 0 Å². The quantitative estimate of drug-likeness (QED) is 0.714. The van der Waals surface area contributed by atoms with Crippen LogP contribution in [0.25, 0.3) is 0 Å². The second-order valence-electron chi connectivity index (χ2n) is 4.75. The number of rotatable bonds is 6. The Morgan fingerprint density at radius 1 is 1.50 bits per heavy atom. The molecule has 2 N–H and O–H groups in total. The van der Waals surface area contributed by atoms with Crippen molar-refractivity contribution >= 4 is 0 Å². The van der Waals surface area contributed by atoms with Crippen molar-refractivity contribution in [2.24, 2.45) is 0 Å². The Bertz CT molecular complexity index is 356. The standard InChI is InChI=1S/C12H22N4O2/c1-10-13-12(15-14-10)11-3-2-4-16(9-11)5-7-18-8-6-17/h11,17H,2-9H2,1H3,(H,13,14,15). The number of hydrogen-bond donors (Lipinski definition) is 2. The van der Waals surface area contributed by atoms with Crippen molar-refractivity contribution in [2.75, 3.05) is 39.5 Å². The van der Waals surface area contributed by atoms with E-state index in [4.69, 9.17) is 9.84 Å². The third-order valence-electron chi connectivity index (χ3n) is 3.27. The van der Waals surface area contributed by atoms with E-state index in [-0.39, 0.29) is 6.61 Å². The van der Waals surface area contributed by atoms with Crippen LogP contribution in [0.2, 0.25) is 0 Å². The summed E-state index contributed by atoms with van der Waals surface area (Å²) in [5, 5.41) is 15.8. The fourth-order valence-electron chi connectivity index (χ4n) is 2.37. The van der Waals surface area contributed by atoms with E-state index in [9.17, 15) is 0 Å². The van der Waals surface area contributed by atoms with Crippen molar-refractivity contribution in [1.82, 2.24) is 20.1 Å². The average molecular weight is 254 g/mol. The van der Waals surface area contributed by atoms with Gasteiger partial charge in [0, 0.05) is 19.0 Å². The highest BCUT2D eigenvalue weighted by molar-refractivity contribution is 4.99. The summed E-state index contributed by atoms with van der Waals surface area (Å²) in [6, 6.07) is 0. The van der Waals surface area contributed by atoms with Gasteiger partial charge in [0.05, 0.1) is 19.8 Å². The van der Waals surface area contributed by atoms with Gasteiger partial charge in [-0.2, -0.15) is 5.10 Å². The number of hydrogen-bond acceptors (Lipinski definition) is 5. The molecule has 1 atom stereocenters. The monoisotopic (exact) mass is 254 g/mol. The lowest BCUT2D eigenvalue weighted by Crippen LogP contribution is -2.37. The molecule has 6 heteroatoms. The molecule has 0 aromatic carbocycles. The third kappa shape index (κ3) is 3.76. The summed E-state index contributed by atoms with van der Waals surface area (Å²) in [5.41, 5.74) is 0. The maximum absolute atomic E-state index is 8.64. The van der Waals surface area contributed by atoms with Crippen LogP contribution in [-0.4, -0.2) is 64.6 Å². The Hall–Kier alpha value is -0.980. The van der Waals surface area contributed by atoms with Gasteiger partial charge in [0.2, 0.25) is 0 Å². The molecule has 6 nitrogen and oxygen atoms in total. The van der Waals surface area contributed by atoms with Gasteiger partial charge < -0.3 is 14.7 Å². The topological polar surface area (TPSA) is 74.3 Å². The number of aryl methyl sites for hydroxylation is 1. The molecule has 0 aliphatic carbocycles. The number of H-pyrrole nitrogens is 1. The van der Waals surface area contributed by atoms with Crippen molar-refractivity contribution in [3.63, 3.8) is 0 Å². The molecule has 0 radical (unpaired) electrons. The smallest absolute Gasteiger partial charge is 0.155 e. The van der Waals surface area contributed by atoms with Gasteiger partial charge >= 0.3 is 0 Å². The molecule has 102 valence electrons. The molecule has 0 amide bonds. The summed E-state index contributed by atoms with van der Waals surface area (Å²) in [7, 11) is 0. The van der Waals surface area contributed by atoms with Crippen LogP contribution in [0.15, 0.2) is 0 Å². The summed E-state index contributed by atoms with van der Waals surface area (Å²) in [5.74, 6) is 2.25. The van der Waals surface area contributed by atoms with E-state index in [0.29, 0.717) is 19.1 Å². The molecule has 1 saturated heterocycles. The lowest BCUT2D eigenvalue weighted by Gasteiger charge is -2.31. The van der Waals surface area contributed by atoms with Gasteiger partial charge in [0.1, 0.15) is 5.82 Å².